The van der Waals surface area contributed by atoms with Gasteiger partial charge in [0.25, 0.3) is 5.69 Å². The maximum absolute atomic E-state index is 10.8. The number of nitrogens with one attached hydrogen (secondary N) is 1. The molecule has 3 N–H and O–H groups in total. The molecule has 0 radical (unpaired) electrons. The van der Waals surface area contributed by atoms with E-state index in [0.29, 0.717) is 11.4 Å². The molecule has 0 atom stereocenters. The molecule has 0 aliphatic rings. The van der Waals surface area contributed by atoms with Crippen LogP contribution in [0, 0.1) is 17.0 Å². The van der Waals surface area contributed by atoms with E-state index in [2.05, 4.69) is 21.2 Å². The van der Waals surface area contributed by atoms with E-state index in [-0.39, 0.29) is 5.69 Å². The van der Waals surface area contributed by atoms with Crippen molar-refractivity contribution in [3.63, 3.8) is 0 Å². The lowest BCUT2D eigenvalue weighted by Gasteiger charge is -2.10. The van der Waals surface area contributed by atoms with Crippen LogP contribution in [-0.2, 0) is 0 Å². The number of nitro benzene ring substituents is 1. The molecular weight excluding hydrogens is 310 g/mol. The third-order valence-electron chi connectivity index (χ3n) is 2.62. The number of nitrogens with two attached hydrogens (primary N) is 1. The van der Waals surface area contributed by atoms with E-state index in [1.165, 1.54) is 12.1 Å². The van der Waals surface area contributed by atoms with E-state index in [1.807, 2.05) is 25.1 Å². The highest BCUT2D eigenvalue weighted by molar-refractivity contribution is 9.10. The lowest BCUT2D eigenvalue weighted by molar-refractivity contribution is -0.384. The average molecular weight is 322 g/mol. The number of hydrogen-bond donors (Lipinski definition) is 2. The molecule has 0 aliphatic carbocycles. The SMILES string of the molecule is Cc1cc(Br)ccc1Nc1cc(N)cc([N+](=O)[O-])c1. The quantitative estimate of drug-likeness (QED) is 0.508. The predicted molar refractivity (Wildman–Crippen MR) is 79.7 cm³/mol. The first-order valence-corrected chi connectivity index (χ1v) is 6.33. The van der Waals surface area contributed by atoms with E-state index in [4.69, 9.17) is 5.73 Å². The summed E-state index contributed by atoms with van der Waals surface area (Å²) in [4.78, 5) is 10.3. The van der Waals surface area contributed by atoms with Gasteiger partial charge in [-0.1, -0.05) is 15.9 Å². The molecule has 5 nitrogen and oxygen atoms in total. The zero-order valence-corrected chi connectivity index (χ0v) is 11.8. The highest BCUT2D eigenvalue weighted by Gasteiger charge is 2.09. The largest absolute Gasteiger partial charge is 0.398 e. The van der Waals surface area contributed by atoms with E-state index < -0.39 is 4.92 Å². The smallest absolute Gasteiger partial charge is 0.273 e. The Hall–Kier alpha value is -2.08. The summed E-state index contributed by atoms with van der Waals surface area (Å²) >= 11 is 3.39. The van der Waals surface area contributed by atoms with E-state index in [9.17, 15) is 10.1 Å². The van der Waals surface area contributed by atoms with Crippen molar-refractivity contribution < 1.29 is 4.92 Å². The van der Waals surface area contributed by atoms with Gasteiger partial charge in [0.15, 0.2) is 0 Å². The second-order valence-corrected chi connectivity index (χ2v) is 5.07. The summed E-state index contributed by atoms with van der Waals surface area (Å²) < 4.78 is 0.981. The predicted octanol–water partition coefficient (Wildman–Crippen LogP) is 3.99. The Morgan fingerprint density at radius 3 is 2.63 bits per heavy atom. The molecule has 2 aromatic rings. The van der Waals surface area contributed by atoms with Crippen molar-refractivity contribution in [3.05, 3.63) is 56.5 Å². The minimum atomic E-state index is -0.462. The van der Waals surface area contributed by atoms with Crippen LogP contribution in [0.3, 0.4) is 0 Å². The number of halogens is 1. The Balaban J connectivity index is 2.35. The standard InChI is InChI=1S/C13H12BrN3O2/c1-8-4-9(14)2-3-13(8)16-11-5-10(15)6-12(7-11)17(18)19/h2-7,16H,15H2,1H3. The van der Waals surface area contributed by atoms with Gasteiger partial charge < -0.3 is 11.1 Å². The van der Waals surface area contributed by atoms with Crippen molar-refractivity contribution >= 4 is 38.7 Å². The number of benzene rings is 2. The Morgan fingerprint density at radius 2 is 2.00 bits per heavy atom. The second-order valence-electron chi connectivity index (χ2n) is 4.15. The van der Waals surface area contributed by atoms with Crippen LogP contribution in [0.4, 0.5) is 22.7 Å². The minimum Gasteiger partial charge on any atom is -0.398 e. The molecule has 2 rings (SSSR count). The highest BCUT2D eigenvalue weighted by Crippen LogP contribution is 2.27. The first-order chi connectivity index (χ1) is 8.95. The molecule has 0 spiro atoms. The molecule has 0 fully saturated rings. The summed E-state index contributed by atoms with van der Waals surface area (Å²) in [5, 5.41) is 13.9. The van der Waals surface area contributed by atoms with Crippen molar-refractivity contribution in [1.29, 1.82) is 0 Å². The number of hydrogen-bond acceptors (Lipinski definition) is 4. The molecule has 19 heavy (non-hydrogen) atoms. The Bertz CT molecular complexity index is 644. The summed E-state index contributed by atoms with van der Waals surface area (Å²) in [5.74, 6) is 0. The number of nitro groups is 1. The lowest BCUT2D eigenvalue weighted by atomic mass is 10.2. The highest BCUT2D eigenvalue weighted by atomic mass is 79.9. The molecule has 2 aromatic carbocycles. The van der Waals surface area contributed by atoms with Gasteiger partial charge in [0.05, 0.1) is 4.92 Å². The maximum atomic E-state index is 10.8. The maximum Gasteiger partial charge on any atom is 0.273 e. The zero-order chi connectivity index (χ0) is 14.0. The molecule has 0 bridgehead atoms. The molecule has 0 unspecified atom stereocenters. The molecule has 0 aliphatic heterocycles. The summed E-state index contributed by atoms with van der Waals surface area (Å²) in [6, 6.07) is 10.2. The molecular formula is C13H12BrN3O2. The van der Waals surface area contributed by atoms with Crippen LogP contribution in [0.2, 0.25) is 0 Å². The normalized spacial score (nSPS) is 10.2. The topological polar surface area (TPSA) is 81.2 Å². The Kier molecular flexibility index (Phi) is 3.71. The number of nitrogens with zero attached hydrogens (tertiary/aromatic N) is 1. The summed E-state index contributed by atoms with van der Waals surface area (Å²) in [7, 11) is 0. The van der Waals surface area contributed by atoms with Gasteiger partial charge in [0, 0.05) is 33.7 Å². The van der Waals surface area contributed by atoms with Crippen LogP contribution in [0.5, 0.6) is 0 Å². The number of rotatable bonds is 3. The Morgan fingerprint density at radius 1 is 1.26 bits per heavy atom. The molecule has 0 heterocycles. The molecule has 6 heteroatoms. The number of aryl methyl sites for hydroxylation is 1. The van der Waals surface area contributed by atoms with E-state index in [1.54, 1.807) is 6.07 Å². The van der Waals surface area contributed by atoms with Gasteiger partial charge in [-0.15, -0.1) is 0 Å². The van der Waals surface area contributed by atoms with Crippen molar-refractivity contribution in [1.82, 2.24) is 0 Å². The summed E-state index contributed by atoms with van der Waals surface area (Å²) in [5.41, 5.74) is 8.48. The van der Waals surface area contributed by atoms with Crippen LogP contribution < -0.4 is 11.1 Å². The fraction of sp³-hybridized carbons (Fsp3) is 0.0769. The van der Waals surface area contributed by atoms with Crippen molar-refractivity contribution in [2.75, 3.05) is 11.1 Å². The van der Waals surface area contributed by atoms with E-state index >= 15 is 0 Å². The zero-order valence-electron chi connectivity index (χ0n) is 10.2. The van der Waals surface area contributed by atoms with Crippen molar-refractivity contribution in [2.45, 2.75) is 6.92 Å². The van der Waals surface area contributed by atoms with Crippen molar-refractivity contribution in [3.8, 4) is 0 Å². The summed E-state index contributed by atoms with van der Waals surface area (Å²) in [6.07, 6.45) is 0. The first-order valence-electron chi connectivity index (χ1n) is 5.54. The van der Waals surface area contributed by atoms with E-state index in [0.717, 1.165) is 15.7 Å². The third-order valence-corrected chi connectivity index (χ3v) is 3.11. The van der Waals surface area contributed by atoms with Crippen LogP contribution in [0.15, 0.2) is 40.9 Å². The van der Waals surface area contributed by atoms with Gasteiger partial charge in [0.2, 0.25) is 0 Å². The van der Waals surface area contributed by atoms with Gasteiger partial charge in [-0.05, 0) is 36.8 Å². The molecule has 0 aromatic heterocycles. The van der Waals surface area contributed by atoms with Crippen molar-refractivity contribution in [2.24, 2.45) is 0 Å². The van der Waals surface area contributed by atoms with Gasteiger partial charge >= 0.3 is 0 Å². The molecule has 98 valence electrons. The van der Waals surface area contributed by atoms with Crippen LogP contribution in [-0.4, -0.2) is 4.92 Å². The van der Waals surface area contributed by atoms with Crippen LogP contribution in [0.1, 0.15) is 5.56 Å². The number of non-ortho nitro benzene ring substituents is 1. The summed E-state index contributed by atoms with van der Waals surface area (Å²) in [6.45, 7) is 1.95. The fourth-order valence-electron chi connectivity index (χ4n) is 1.74. The second kappa shape index (κ2) is 5.27. The number of anilines is 3. The monoisotopic (exact) mass is 321 g/mol. The average Bonchev–Trinajstić information content (AvgIpc) is 2.32. The fourth-order valence-corrected chi connectivity index (χ4v) is 2.21. The molecule has 0 saturated heterocycles. The van der Waals surface area contributed by atoms with Crippen LogP contribution >= 0.6 is 15.9 Å². The van der Waals surface area contributed by atoms with Gasteiger partial charge in [0.1, 0.15) is 0 Å². The molecule has 0 amide bonds. The molecule has 0 saturated carbocycles. The van der Waals surface area contributed by atoms with Gasteiger partial charge in [-0.2, -0.15) is 0 Å². The van der Waals surface area contributed by atoms with Gasteiger partial charge in [-0.3, -0.25) is 10.1 Å². The third kappa shape index (κ3) is 3.23. The number of nitrogen functional groups attached to an aromatic ring is 1. The van der Waals surface area contributed by atoms with Crippen LogP contribution in [0.25, 0.3) is 0 Å². The lowest BCUT2D eigenvalue weighted by Crippen LogP contribution is -1.97. The Labute approximate surface area is 118 Å². The van der Waals surface area contributed by atoms with Gasteiger partial charge in [-0.25, -0.2) is 0 Å². The minimum absolute atomic E-state index is 0.0303. The first kappa shape index (κ1) is 13.4.